The number of anilines is 1. The maximum atomic E-state index is 13.0. The van der Waals surface area contributed by atoms with Gasteiger partial charge in [-0.2, -0.15) is 5.10 Å². The minimum absolute atomic E-state index is 0.0251. The molecule has 2 aromatic carbocycles. The number of amides is 1. The number of nitrogens with one attached hydrogen (secondary N) is 1. The average Bonchev–Trinajstić information content (AvgIpc) is 3.34. The normalized spacial score (nSPS) is 14.9. The minimum atomic E-state index is -3.97. The highest BCUT2D eigenvalue weighted by atomic mass is 35.5. The first-order valence-corrected chi connectivity index (χ1v) is 11.8. The van der Waals surface area contributed by atoms with Gasteiger partial charge < -0.3 is 9.64 Å². The van der Waals surface area contributed by atoms with Crippen LogP contribution in [0.2, 0.25) is 5.02 Å². The number of likely N-dealkylation sites (tertiary alicyclic amines) is 1. The van der Waals surface area contributed by atoms with Crippen LogP contribution < -0.4 is 9.46 Å². The number of hydrogen-bond donors (Lipinski definition) is 1. The molecule has 11 heteroatoms. The molecule has 0 aliphatic carbocycles. The van der Waals surface area contributed by atoms with Gasteiger partial charge in [-0.15, -0.1) is 0 Å². The molecule has 9 nitrogen and oxygen atoms in total. The van der Waals surface area contributed by atoms with E-state index >= 15 is 0 Å². The van der Waals surface area contributed by atoms with E-state index in [-0.39, 0.29) is 22.5 Å². The van der Waals surface area contributed by atoms with E-state index in [4.69, 9.17) is 16.3 Å². The molecule has 1 saturated heterocycles. The predicted octanol–water partition coefficient (Wildman–Crippen LogP) is 3.22. The Morgan fingerprint density at radius 2 is 1.97 bits per heavy atom. The molecule has 2 heterocycles. The van der Waals surface area contributed by atoms with E-state index in [9.17, 15) is 13.2 Å². The highest BCUT2D eigenvalue weighted by Crippen LogP contribution is 2.30. The molecule has 0 unspecified atom stereocenters. The zero-order chi connectivity index (χ0) is 22.7. The highest BCUT2D eigenvalue weighted by Gasteiger charge is 2.26. The number of aromatic nitrogens is 3. The number of piperidine rings is 1. The van der Waals surface area contributed by atoms with Crippen LogP contribution in [-0.2, 0) is 10.0 Å². The third-order valence-corrected chi connectivity index (χ3v) is 6.96. The molecule has 0 saturated carbocycles. The van der Waals surface area contributed by atoms with Gasteiger partial charge in [-0.05, 0) is 49.2 Å². The molecular formula is C21H22ClN5O4S. The number of halogens is 1. The fourth-order valence-corrected chi connectivity index (χ4v) is 4.96. The lowest BCUT2D eigenvalue weighted by molar-refractivity contribution is 0.0689. The first kappa shape index (κ1) is 22.1. The van der Waals surface area contributed by atoms with E-state index in [1.165, 1.54) is 31.6 Å². The number of rotatable bonds is 6. The van der Waals surface area contributed by atoms with Crippen LogP contribution in [0.4, 0.5) is 5.69 Å². The lowest BCUT2D eigenvalue weighted by atomic mass is 10.0. The summed E-state index contributed by atoms with van der Waals surface area (Å²) < 4.78 is 35.4. The van der Waals surface area contributed by atoms with Gasteiger partial charge in [0.1, 0.15) is 18.4 Å². The molecule has 1 fully saturated rings. The quantitative estimate of drug-likeness (QED) is 0.586. The number of nitrogens with zero attached hydrogens (tertiary/aromatic N) is 4. The van der Waals surface area contributed by atoms with E-state index in [0.29, 0.717) is 29.4 Å². The van der Waals surface area contributed by atoms with Crippen LogP contribution in [0.25, 0.3) is 0 Å². The number of methoxy groups -OCH3 is 1. The van der Waals surface area contributed by atoms with E-state index in [0.717, 1.165) is 12.8 Å². The lowest BCUT2D eigenvalue weighted by Crippen LogP contribution is -2.39. The number of carbonyl (C=O) groups excluding carboxylic acids is 1. The first-order valence-electron chi connectivity index (χ1n) is 9.97. The smallest absolute Gasteiger partial charge is 0.262 e. The number of sulfonamides is 1. The second kappa shape index (κ2) is 9.17. The number of benzene rings is 2. The maximum absolute atomic E-state index is 13.0. The molecule has 168 valence electrons. The van der Waals surface area contributed by atoms with Gasteiger partial charge in [0.25, 0.3) is 15.9 Å². The van der Waals surface area contributed by atoms with Gasteiger partial charge in [-0.3, -0.25) is 9.52 Å². The lowest BCUT2D eigenvalue weighted by Gasteiger charge is -2.32. The maximum Gasteiger partial charge on any atom is 0.262 e. The van der Waals surface area contributed by atoms with E-state index < -0.39 is 10.0 Å². The Morgan fingerprint density at radius 3 is 2.66 bits per heavy atom. The highest BCUT2D eigenvalue weighted by molar-refractivity contribution is 7.92. The standard InChI is InChI=1S/C21H22ClN5O4S/c1-31-20-6-5-16(22)12-19(20)25-32(29,30)18-4-2-3-15(11-18)21(28)26-9-7-17(8-10-26)27-14-23-13-24-27/h2-6,11-14,17,25H,7-10H2,1H3. The van der Waals surface area contributed by atoms with E-state index in [2.05, 4.69) is 14.8 Å². The molecule has 1 amide bonds. The zero-order valence-electron chi connectivity index (χ0n) is 17.3. The van der Waals surface area contributed by atoms with Crippen molar-refractivity contribution in [2.45, 2.75) is 23.8 Å². The molecule has 1 aliphatic rings. The zero-order valence-corrected chi connectivity index (χ0v) is 18.9. The molecule has 0 atom stereocenters. The van der Waals surface area contributed by atoms with Crippen molar-refractivity contribution >= 4 is 33.2 Å². The summed E-state index contributed by atoms with van der Waals surface area (Å²) in [6.07, 6.45) is 4.68. The van der Waals surface area contributed by atoms with Crippen molar-refractivity contribution in [3.05, 3.63) is 65.7 Å². The van der Waals surface area contributed by atoms with Gasteiger partial charge in [-0.25, -0.2) is 18.1 Å². The largest absolute Gasteiger partial charge is 0.495 e. The molecule has 1 N–H and O–H groups in total. The number of hydrogen-bond acceptors (Lipinski definition) is 6. The molecule has 0 bridgehead atoms. The third-order valence-electron chi connectivity index (χ3n) is 5.36. The first-order chi connectivity index (χ1) is 15.4. The van der Waals surface area contributed by atoms with Crippen LogP contribution >= 0.6 is 11.6 Å². The monoisotopic (exact) mass is 475 g/mol. The predicted molar refractivity (Wildman–Crippen MR) is 119 cm³/mol. The second-order valence-corrected chi connectivity index (χ2v) is 9.50. The summed E-state index contributed by atoms with van der Waals surface area (Å²) in [4.78, 5) is 18.7. The van der Waals surface area contributed by atoms with Gasteiger partial charge in [0.05, 0.1) is 23.7 Å². The van der Waals surface area contributed by atoms with Crippen molar-refractivity contribution in [3.8, 4) is 5.75 Å². The molecule has 3 aromatic rings. The van der Waals surface area contributed by atoms with Gasteiger partial charge in [-0.1, -0.05) is 17.7 Å². The summed E-state index contributed by atoms with van der Waals surface area (Å²) in [5.41, 5.74) is 0.525. The van der Waals surface area contributed by atoms with Crippen LogP contribution in [0.3, 0.4) is 0 Å². The molecule has 0 spiro atoms. The molecular weight excluding hydrogens is 454 g/mol. The Morgan fingerprint density at radius 1 is 1.19 bits per heavy atom. The summed E-state index contributed by atoms with van der Waals surface area (Å²) in [5.74, 6) is 0.125. The van der Waals surface area contributed by atoms with Crippen LogP contribution in [0.1, 0.15) is 29.2 Å². The van der Waals surface area contributed by atoms with Gasteiger partial charge >= 0.3 is 0 Å². The summed E-state index contributed by atoms with van der Waals surface area (Å²) in [6.45, 7) is 1.11. The summed E-state index contributed by atoms with van der Waals surface area (Å²) in [6, 6.07) is 10.8. The van der Waals surface area contributed by atoms with E-state index in [1.807, 2.05) is 4.68 Å². The minimum Gasteiger partial charge on any atom is -0.495 e. The Balaban J connectivity index is 1.49. The van der Waals surface area contributed by atoms with Crippen molar-refractivity contribution in [2.75, 3.05) is 24.9 Å². The Hall–Kier alpha value is -3.11. The average molecular weight is 476 g/mol. The summed E-state index contributed by atoms with van der Waals surface area (Å²) in [5, 5.41) is 4.53. The van der Waals surface area contributed by atoms with Crippen LogP contribution in [0.15, 0.2) is 60.0 Å². The molecule has 0 radical (unpaired) electrons. The Kier molecular flexibility index (Phi) is 6.33. The van der Waals surface area contributed by atoms with Crippen molar-refractivity contribution in [2.24, 2.45) is 0 Å². The fourth-order valence-electron chi connectivity index (χ4n) is 3.68. The Labute approximate surface area is 191 Å². The van der Waals surface area contributed by atoms with Crippen molar-refractivity contribution in [1.29, 1.82) is 0 Å². The topological polar surface area (TPSA) is 106 Å². The molecule has 1 aromatic heterocycles. The van der Waals surface area contributed by atoms with Crippen LogP contribution in [0.5, 0.6) is 5.75 Å². The number of carbonyl (C=O) groups is 1. The van der Waals surface area contributed by atoms with Crippen LogP contribution in [0, 0.1) is 0 Å². The van der Waals surface area contributed by atoms with Gasteiger partial charge in [0, 0.05) is 23.7 Å². The third kappa shape index (κ3) is 4.71. The van der Waals surface area contributed by atoms with Crippen LogP contribution in [-0.4, -0.2) is 54.2 Å². The van der Waals surface area contributed by atoms with Gasteiger partial charge in [0.15, 0.2) is 0 Å². The van der Waals surface area contributed by atoms with E-state index in [1.54, 1.807) is 35.5 Å². The molecule has 1 aliphatic heterocycles. The summed E-state index contributed by atoms with van der Waals surface area (Å²) >= 11 is 5.99. The second-order valence-electron chi connectivity index (χ2n) is 7.38. The molecule has 4 rings (SSSR count). The molecule has 32 heavy (non-hydrogen) atoms. The van der Waals surface area contributed by atoms with Crippen molar-refractivity contribution < 1.29 is 17.9 Å². The summed E-state index contributed by atoms with van der Waals surface area (Å²) in [7, 11) is -2.53. The van der Waals surface area contributed by atoms with Crippen molar-refractivity contribution in [3.63, 3.8) is 0 Å². The fraction of sp³-hybridized carbons (Fsp3) is 0.286. The SMILES string of the molecule is COc1ccc(Cl)cc1NS(=O)(=O)c1cccc(C(=O)N2CCC(n3cncn3)CC2)c1. The van der Waals surface area contributed by atoms with Gasteiger partial charge in [0.2, 0.25) is 0 Å². The number of ether oxygens (including phenoxy) is 1. The van der Waals surface area contributed by atoms with Crippen molar-refractivity contribution in [1.82, 2.24) is 19.7 Å². The Bertz CT molecular complexity index is 1210.